The van der Waals surface area contributed by atoms with Gasteiger partial charge < -0.3 is 5.32 Å². The molecule has 4 heteroatoms. The molecule has 1 atom stereocenters. The van der Waals surface area contributed by atoms with E-state index in [-0.39, 0.29) is 0 Å². The zero-order chi connectivity index (χ0) is 12.7. The van der Waals surface area contributed by atoms with E-state index in [4.69, 9.17) is 5.84 Å². The quantitative estimate of drug-likeness (QED) is 0.305. The zero-order valence-electron chi connectivity index (χ0n) is 11.5. The van der Waals surface area contributed by atoms with Gasteiger partial charge in [-0.1, -0.05) is 40.0 Å². The highest BCUT2D eigenvalue weighted by molar-refractivity contribution is 5.79. The highest BCUT2D eigenvalue weighted by atomic mass is 15.3. The number of nitrogens with zero attached hydrogens (tertiary/aromatic N) is 1. The summed E-state index contributed by atoms with van der Waals surface area (Å²) >= 11 is 0. The van der Waals surface area contributed by atoms with Gasteiger partial charge in [0.2, 0.25) is 5.96 Å². The van der Waals surface area contributed by atoms with Gasteiger partial charge in [0.25, 0.3) is 0 Å². The van der Waals surface area contributed by atoms with Crippen molar-refractivity contribution in [2.75, 3.05) is 6.54 Å². The second kappa shape index (κ2) is 7.54. The van der Waals surface area contributed by atoms with E-state index in [2.05, 4.69) is 36.5 Å². The summed E-state index contributed by atoms with van der Waals surface area (Å²) in [6.07, 6.45) is 6.47. The molecule has 0 amide bonds. The Hall–Kier alpha value is -0.770. The van der Waals surface area contributed by atoms with Crippen LogP contribution >= 0.6 is 0 Å². The van der Waals surface area contributed by atoms with Crippen molar-refractivity contribution in [2.24, 2.45) is 22.7 Å². The maximum Gasteiger partial charge on any atom is 0.205 e. The second-order valence-corrected chi connectivity index (χ2v) is 5.53. The Morgan fingerprint density at radius 2 is 1.88 bits per heavy atom. The number of aliphatic imine (C=N–C) groups is 1. The number of nitrogens with two attached hydrogens (primary N) is 1. The SMILES string of the molecule is CC(C)C(C)CN=C(NN)NC1CCCCC1. The molecule has 4 N–H and O–H groups in total. The summed E-state index contributed by atoms with van der Waals surface area (Å²) in [4.78, 5) is 4.53. The molecule has 0 saturated heterocycles. The highest BCUT2D eigenvalue weighted by Gasteiger charge is 2.14. The van der Waals surface area contributed by atoms with E-state index in [9.17, 15) is 0 Å². The molecule has 1 aliphatic carbocycles. The maximum absolute atomic E-state index is 5.51. The minimum Gasteiger partial charge on any atom is -0.353 e. The molecule has 0 bridgehead atoms. The lowest BCUT2D eigenvalue weighted by Gasteiger charge is -2.24. The third kappa shape index (κ3) is 5.39. The zero-order valence-corrected chi connectivity index (χ0v) is 11.5. The molecule has 0 aromatic carbocycles. The molecular weight excluding hydrogens is 212 g/mol. The first-order valence-corrected chi connectivity index (χ1v) is 6.91. The summed E-state index contributed by atoms with van der Waals surface area (Å²) in [5, 5.41) is 3.41. The predicted molar refractivity (Wildman–Crippen MR) is 73.6 cm³/mol. The summed E-state index contributed by atoms with van der Waals surface area (Å²) in [6.45, 7) is 7.51. The fraction of sp³-hybridized carbons (Fsp3) is 0.923. The van der Waals surface area contributed by atoms with Crippen molar-refractivity contribution in [1.82, 2.24) is 10.7 Å². The van der Waals surface area contributed by atoms with Gasteiger partial charge in [-0.05, 0) is 24.7 Å². The summed E-state index contributed by atoms with van der Waals surface area (Å²) in [5.74, 6) is 7.51. The number of hydrogen-bond donors (Lipinski definition) is 3. The van der Waals surface area contributed by atoms with Crippen molar-refractivity contribution in [3.63, 3.8) is 0 Å². The first kappa shape index (κ1) is 14.3. The lowest BCUT2D eigenvalue weighted by molar-refractivity contribution is 0.406. The molecule has 1 fully saturated rings. The molecule has 0 aromatic rings. The van der Waals surface area contributed by atoms with Crippen molar-refractivity contribution in [1.29, 1.82) is 0 Å². The molecule has 17 heavy (non-hydrogen) atoms. The van der Waals surface area contributed by atoms with E-state index in [1.807, 2.05) is 0 Å². The van der Waals surface area contributed by atoms with Crippen molar-refractivity contribution in [3.05, 3.63) is 0 Å². The van der Waals surface area contributed by atoms with E-state index in [0.29, 0.717) is 17.9 Å². The molecule has 4 nitrogen and oxygen atoms in total. The normalized spacial score (nSPS) is 20.4. The Morgan fingerprint density at radius 1 is 1.24 bits per heavy atom. The van der Waals surface area contributed by atoms with E-state index < -0.39 is 0 Å². The van der Waals surface area contributed by atoms with E-state index in [1.54, 1.807) is 0 Å². The molecule has 1 unspecified atom stereocenters. The molecule has 100 valence electrons. The maximum atomic E-state index is 5.51. The minimum absolute atomic E-state index is 0.549. The predicted octanol–water partition coefficient (Wildman–Crippen LogP) is 2.02. The summed E-state index contributed by atoms with van der Waals surface area (Å²) in [7, 11) is 0. The van der Waals surface area contributed by atoms with Gasteiger partial charge in [-0.2, -0.15) is 0 Å². The van der Waals surface area contributed by atoms with Crippen LogP contribution in [0.5, 0.6) is 0 Å². The van der Waals surface area contributed by atoms with Crippen LogP contribution < -0.4 is 16.6 Å². The van der Waals surface area contributed by atoms with Gasteiger partial charge in [-0.25, -0.2) is 5.84 Å². The smallest absolute Gasteiger partial charge is 0.205 e. The lowest BCUT2D eigenvalue weighted by Crippen LogP contribution is -2.47. The van der Waals surface area contributed by atoms with E-state index >= 15 is 0 Å². The fourth-order valence-corrected chi connectivity index (χ4v) is 2.02. The van der Waals surface area contributed by atoms with Crippen LogP contribution in [-0.4, -0.2) is 18.5 Å². The first-order chi connectivity index (χ1) is 8.13. The molecule has 0 spiro atoms. The van der Waals surface area contributed by atoms with Gasteiger partial charge in [0.15, 0.2) is 0 Å². The van der Waals surface area contributed by atoms with Crippen molar-refractivity contribution in [3.8, 4) is 0 Å². The Balaban J connectivity index is 2.38. The van der Waals surface area contributed by atoms with E-state index in [1.165, 1.54) is 32.1 Å². The van der Waals surface area contributed by atoms with E-state index in [0.717, 1.165) is 12.5 Å². The second-order valence-electron chi connectivity index (χ2n) is 5.53. The van der Waals surface area contributed by atoms with Crippen LogP contribution in [0.2, 0.25) is 0 Å². The molecule has 1 aliphatic rings. The number of guanidine groups is 1. The molecule has 1 rings (SSSR count). The largest absolute Gasteiger partial charge is 0.353 e. The minimum atomic E-state index is 0.549. The van der Waals surface area contributed by atoms with Gasteiger partial charge in [0.1, 0.15) is 0 Å². The number of rotatable bonds is 4. The van der Waals surface area contributed by atoms with Gasteiger partial charge in [0.05, 0.1) is 0 Å². The van der Waals surface area contributed by atoms with Crippen LogP contribution in [0.15, 0.2) is 4.99 Å². The third-order valence-electron chi connectivity index (χ3n) is 3.76. The van der Waals surface area contributed by atoms with Crippen molar-refractivity contribution < 1.29 is 0 Å². The van der Waals surface area contributed by atoms with Gasteiger partial charge in [0, 0.05) is 12.6 Å². The summed E-state index contributed by atoms with van der Waals surface area (Å²) in [5.41, 5.74) is 2.68. The van der Waals surface area contributed by atoms with Crippen molar-refractivity contribution in [2.45, 2.75) is 58.9 Å². The molecule has 0 heterocycles. The standard InChI is InChI=1S/C13H28N4/c1-10(2)11(3)9-15-13(17-14)16-12-7-5-4-6-8-12/h10-12H,4-9,14H2,1-3H3,(H2,15,16,17). The molecule has 0 aromatic heterocycles. The average molecular weight is 240 g/mol. The number of nitrogens with one attached hydrogen (secondary N) is 2. The molecular formula is C13H28N4. The monoisotopic (exact) mass is 240 g/mol. The van der Waals surface area contributed by atoms with Crippen LogP contribution in [0.1, 0.15) is 52.9 Å². The Bertz CT molecular complexity index is 232. The van der Waals surface area contributed by atoms with Crippen molar-refractivity contribution >= 4 is 5.96 Å². The molecule has 1 saturated carbocycles. The average Bonchev–Trinajstić information content (AvgIpc) is 2.35. The highest BCUT2D eigenvalue weighted by Crippen LogP contribution is 2.17. The van der Waals surface area contributed by atoms with Crippen LogP contribution in [-0.2, 0) is 0 Å². The number of hydrogen-bond acceptors (Lipinski definition) is 2. The Kier molecular flexibility index (Phi) is 6.34. The summed E-state index contributed by atoms with van der Waals surface area (Å²) in [6, 6.07) is 0.549. The Labute approximate surface area is 105 Å². The number of hydrazine groups is 1. The van der Waals surface area contributed by atoms with Crippen LogP contribution in [0.3, 0.4) is 0 Å². The summed E-state index contributed by atoms with van der Waals surface area (Å²) < 4.78 is 0. The van der Waals surface area contributed by atoms with Crippen LogP contribution in [0, 0.1) is 11.8 Å². The van der Waals surface area contributed by atoms with Gasteiger partial charge >= 0.3 is 0 Å². The van der Waals surface area contributed by atoms with Gasteiger partial charge in [-0.3, -0.25) is 10.4 Å². The van der Waals surface area contributed by atoms with Gasteiger partial charge in [-0.15, -0.1) is 0 Å². The Morgan fingerprint density at radius 3 is 2.41 bits per heavy atom. The first-order valence-electron chi connectivity index (χ1n) is 6.91. The molecule has 0 aliphatic heterocycles. The molecule has 0 radical (unpaired) electrons. The lowest BCUT2D eigenvalue weighted by atomic mass is 9.96. The topological polar surface area (TPSA) is 62.4 Å². The fourth-order valence-electron chi connectivity index (χ4n) is 2.02. The van der Waals surface area contributed by atoms with Crippen LogP contribution in [0.4, 0.5) is 0 Å². The third-order valence-corrected chi connectivity index (χ3v) is 3.76. The van der Waals surface area contributed by atoms with Crippen LogP contribution in [0.25, 0.3) is 0 Å².